The van der Waals surface area contributed by atoms with Crippen LogP contribution < -0.4 is 11.1 Å². The molecule has 0 radical (unpaired) electrons. The van der Waals surface area contributed by atoms with Crippen molar-refractivity contribution >= 4 is 39.1 Å². The number of aromatic nitrogens is 4. The van der Waals surface area contributed by atoms with Gasteiger partial charge in [0.05, 0.1) is 16.4 Å². The average molecular weight is 308 g/mol. The van der Waals surface area contributed by atoms with Gasteiger partial charge in [-0.2, -0.15) is 4.98 Å². The SMILES string of the molecule is Nc1nc(Nc2cn(-c3ccccc3)cn2)c2sccc2n1. The lowest BCUT2D eigenvalue weighted by Gasteiger charge is -2.04. The van der Waals surface area contributed by atoms with Crippen LogP contribution in [0.1, 0.15) is 0 Å². The molecular weight excluding hydrogens is 296 g/mol. The van der Waals surface area contributed by atoms with Gasteiger partial charge in [0.1, 0.15) is 12.1 Å². The predicted molar refractivity (Wildman–Crippen MR) is 88.7 cm³/mol. The minimum atomic E-state index is 0.246. The highest BCUT2D eigenvalue weighted by atomic mass is 32.1. The molecule has 0 aliphatic heterocycles. The lowest BCUT2D eigenvalue weighted by molar-refractivity contribution is 1.06. The summed E-state index contributed by atoms with van der Waals surface area (Å²) in [5.74, 6) is 1.63. The third-order valence-electron chi connectivity index (χ3n) is 3.20. The molecule has 3 heterocycles. The molecule has 0 aliphatic rings. The van der Waals surface area contributed by atoms with Crippen molar-refractivity contribution in [3.05, 3.63) is 54.3 Å². The van der Waals surface area contributed by atoms with Crippen LogP contribution in [-0.2, 0) is 0 Å². The molecule has 0 aliphatic carbocycles. The molecule has 3 aromatic heterocycles. The lowest BCUT2D eigenvalue weighted by Crippen LogP contribution is -2.00. The van der Waals surface area contributed by atoms with Gasteiger partial charge in [0, 0.05) is 5.69 Å². The predicted octanol–water partition coefficient (Wildman–Crippen LogP) is 3.20. The molecule has 3 N–H and O–H groups in total. The number of nitrogens with zero attached hydrogens (tertiary/aromatic N) is 4. The number of nitrogen functional groups attached to an aromatic ring is 1. The molecule has 4 aromatic rings. The second-order valence-corrected chi connectivity index (χ2v) is 5.61. The van der Waals surface area contributed by atoms with Gasteiger partial charge in [0.15, 0.2) is 5.82 Å². The summed E-state index contributed by atoms with van der Waals surface area (Å²) in [6, 6.07) is 11.9. The maximum absolute atomic E-state index is 5.75. The van der Waals surface area contributed by atoms with Crippen LogP contribution in [0.3, 0.4) is 0 Å². The average Bonchev–Trinajstić information content (AvgIpc) is 3.17. The van der Waals surface area contributed by atoms with Crippen molar-refractivity contribution in [2.24, 2.45) is 0 Å². The minimum Gasteiger partial charge on any atom is -0.368 e. The number of thiophene rings is 1. The molecule has 0 saturated carbocycles. The zero-order chi connectivity index (χ0) is 14.9. The third kappa shape index (κ3) is 2.27. The summed E-state index contributed by atoms with van der Waals surface area (Å²) < 4.78 is 2.90. The molecule has 6 nitrogen and oxygen atoms in total. The summed E-state index contributed by atoms with van der Waals surface area (Å²) in [5.41, 5.74) is 7.63. The molecule has 0 saturated heterocycles. The van der Waals surface area contributed by atoms with E-state index in [-0.39, 0.29) is 5.95 Å². The number of anilines is 3. The second-order valence-electron chi connectivity index (χ2n) is 4.69. The van der Waals surface area contributed by atoms with E-state index in [9.17, 15) is 0 Å². The summed E-state index contributed by atoms with van der Waals surface area (Å²) >= 11 is 1.57. The second kappa shape index (κ2) is 5.12. The first-order chi connectivity index (χ1) is 10.8. The van der Waals surface area contributed by atoms with Gasteiger partial charge in [0.25, 0.3) is 0 Å². The summed E-state index contributed by atoms with van der Waals surface area (Å²) in [6.07, 6.45) is 3.67. The third-order valence-corrected chi connectivity index (χ3v) is 4.11. The van der Waals surface area contributed by atoms with Crippen molar-refractivity contribution in [2.45, 2.75) is 0 Å². The number of hydrogen-bond donors (Lipinski definition) is 2. The molecule has 0 amide bonds. The van der Waals surface area contributed by atoms with E-state index >= 15 is 0 Å². The van der Waals surface area contributed by atoms with Gasteiger partial charge < -0.3 is 15.6 Å². The zero-order valence-corrected chi connectivity index (χ0v) is 12.3. The topological polar surface area (TPSA) is 81.6 Å². The monoisotopic (exact) mass is 308 g/mol. The van der Waals surface area contributed by atoms with Gasteiger partial charge in [-0.15, -0.1) is 11.3 Å². The summed E-state index contributed by atoms with van der Waals surface area (Å²) in [4.78, 5) is 12.8. The summed E-state index contributed by atoms with van der Waals surface area (Å²) in [7, 11) is 0. The molecule has 22 heavy (non-hydrogen) atoms. The number of rotatable bonds is 3. The summed E-state index contributed by atoms with van der Waals surface area (Å²) in [6.45, 7) is 0. The number of para-hydroxylation sites is 1. The van der Waals surface area contributed by atoms with E-state index in [0.717, 1.165) is 15.9 Å². The number of hydrogen-bond acceptors (Lipinski definition) is 6. The molecule has 0 bridgehead atoms. The standard InChI is InChI=1S/C15H12N6S/c16-15-18-11-6-7-22-13(11)14(20-15)19-12-8-21(9-17-12)10-4-2-1-3-5-10/h1-9H,(H3,16,18,19,20). The normalized spacial score (nSPS) is 10.9. The van der Waals surface area contributed by atoms with Crippen LogP contribution >= 0.6 is 11.3 Å². The molecule has 0 unspecified atom stereocenters. The molecule has 7 heteroatoms. The van der Waals surface area contributed by atoms with E-state index in [1.165, 1.54) is 0 Å². The van der Waals surface area contributed by atoms with E-state index in [1.807, 2.05) is 52.5 Å². The smallest absolute Gasteiger partial charge is 0.222 e. The van der Waals surface area contributed by atoms with Gasteiger partial charge in [-0.1, -0.05) is 18.2 Å². The molecule has 1 aromatic carbocycles. The van der Waals surface area contributed by atoms with Gasteiger partial charge in [-0.3, -0.25) is 0 Å². The molecule has 0 atom stereocenters. The fraction of sp³-hybridized carbons (Fsp3) is 0. The Hall–Kier alpha value is -2.93. The van der Waals surface area contributed by atoms with Gasteiger partial charge in [0.2, 0.25) is 5.95 Å². The number of fused-ring (bicyclic) bond motifs is 1. The Morgan fingerprint density at radius 2 is 1.95 bits per heavy atom. The lowest BCUT2D eigenvalue weighted by atomic mass is 10.3. The van der Waals surface area contributed by atoms with Gasteiger partial charge >= 0.3 is 0 Å². The van der Waals surface area contributed by atoms with Crippen LogP contribution in [0, 0.1) is 0 Å². The number of nitrogens with two attached hydrogens (primary N) is 1. The van der Waals surface area contributed by atoms with E-state index in [0.29, 0.717) is 11.6 Å². The Morgan fingerprint density at radius 1 is 1.09 bits per heavy atom. The first kappa shape index (κ1) is 12.8. The largest absolute Gasteiger partial charge is 0.368 e. The van der Waals surface area contributed by atoms with Crippen LogP contribution in [0.2, 0.25) is 0 Å². The van der Waals surface area contributed by atoms with Crippen molar-refractivity contribution < 1.29 is 0 Å². The Balaban J connectivity index is 1.69. The highest BCUT2D eigenvalue weighted by molar-refractivity contribution is 7.17. The molecule has 0 spiro atoms. The highest BCUT2D eigenvalue weighted by Gasteiger charge is 2.09. The zero-order valence-electron chi connectivity index (χ0n) is 11.5. The highest BCUT2D eigenvalue weighted by Crippen LogP contribution is 2.28. The number of benzene rings is 1. The molecular formula is C15H12N6S. The fourth-order valence-electron chi connectivity index (χ4n) is 2.22. The molecule has 108 valence electrons. The van der Waals surface area contributed by atoms with Crippen molar-refractivity contribution in [2.75, 3.05) is 11.1 Å². The maximum Gasteiger partial charge on any atom is 0.222 e. The Bertz CT molecular complexity index is 928. The van der Waals surface area contributed by atoms with E-state index in [1.54, 1.807) is 17.7 Å². The van der Waals surface area contributed by atoms with Crippen molar-refractivity contribution in [3.8, 4) is 5.69 Å². The van der Waals surface area contributed by atoms with Crippen molar-refractivity contribution in [1.29, 1.82) is 0 Å². The first-order valence-corrected chi connectivity index (χ1v) is 7.55. The minimum absolute atomic E-state index is 0.246. The number of imidazole rings is 1. The van der Waals surface area contributed by atoms with Crippen molar-refractivity contribution in [3.63, 3.8) is 0 Å². The Labute approximate surface area is 130 Å². The summed E-state index contributed by atoms with van der Waals surface area (Å²) in [5, 5.41) is 5.18. The first-order valence-electron chi connectivity index (χ1n) is 6.67. The number of nitrogens with one attached hydrogen (secondary N) is 1. The van der Waals surface area contributed by atoms with E-state index < -0.39 is 0 Å². The molecule has 4 rings (SSSR count). The van der Waals surface area contributed by atoms with Crippen LogP contribution in [0.15, 0.2) is 54.3 Å². The van der Waals surface area contributed by atoms with Crippen molar-refractivity contribution in [1.82, 2.24) is 19.5 Å². The maximum atomic E-state index is 5.75. The Morgan fingerprint density at radius 3 is 2.82 bits per heavy atom. The van der Waals surface area contributed by atoms with Gasteiger partial charge in [-0.05, 0) is 23.6 Å². The Kier molecular flexibility index (Phi) is 2.97. The van der Waals surface area contributed by atoms with E-state index in [2.05, 4.69) is 20.3 Å². The van der Waals surface area contributed by atoms with Gasteiger partial charge in [-0.25, -0.2) is 9.97 Å². The van der Waals surface area contributed by atoms with Crippen LogP contribution in [0.25, 0.3) is 15.9 Å². The van der Waals surface area contributed by atoms with Crippen LogP contribution in [0.4, 0.5) is 17.6 Å². The van der Waals surface area contributed by atoms with E-state index in [4.69, 9.17) is 5.73 Å². The fourth-order valence-corrected chi connectivity index (χ4v) is 2.99. The van der Waals surface area contributed by atoms with Crippen LogP contribution in [-0.4, -0.2) is 19.5 Å². The quantitative estimate of drug-likeness (QED) is 0.607. The van der Waals surface area contributed by atoms with Crippen LogP contribution in [0.5, 0.6) is 0 Å². The molecule has 0 fully saturated rings.